The number of aromatic amines is 1. The quantitative estimate of drug-likeness (QED) is 0.817. The van der Waals surface area contributed by atoms with Crippen molar-refractivity contribution >= 4 is 11.6 Å². The molecule has 3 rings (SSSR count). The lowest BCUT2D eigenvalue weighted by molar-refractivity contribution is -0.118. The van der Waals surface area contributed by atoms with Crippen molar-refractivity contribution in [2.75, 3.05) is 11.9 Å². The van der Waals surface area contributed by atoms with E-state index in [0.29, 0.717) is 18.5 Å². The summed E-state index contributed by atoms with van der Waals surface area (Å²) >= 11 is 0. The van der Waals surface area contributed by atoms with Crippen LogP contribution >= 0.6 is 0 Å². The third-order valence-electron chi connectivity index (χ3n) is 3.51. The van der Waals surface area contributed by atoms with Gasteiger partial charge in [0.05, 0.1) is 5.69 Å². The van der Waals surface area contributed by atoms with Crippen LogP contribution in [-0.2, 0) is 11.2 Å². The lowest BCUT2D eigenvalue weighted by Crippen LogP contribution is -2.31. The van der Waals surface area contributed by atoms with Crippen molar-refractivity contribution in [1.29, 1.82) is 0 Å². The third-order valence-corrected chi connectivity index (χ3v) is 3.51. The lowest BCUT2D eigenvalue weighted by atomic mass is 10.0. The molecule has 1 aliphatic heterocycles. The highest BCUT2D eigenvalue weighted by Gasteiger charge is 2.21. The number of hydrogen-bond acceptors (Lipinski definition) is 3. The summed E-state index contributed by atoms with van der Waals surface area (Å²) in [6, 6.07) is 6.75. The Kier molecular flexibility index (Phi) is 2.78. The van der Waals surface area contributed by atoms with Crippen molar-refractivity contribution in [2.45, 2.75) is 12.8 Å². The van der Waals surface area contributed by atoms with Gasteiger partial charge in [-0.3, -0.25) is 19.1 Å². The molecule has 0 spiro atoms. The van der Waals surface area contributed by atoms with Gasteiger partial charge in [-0.05, 0) is 30.2 Å². The van der Waals surface area contributed by atoms with Crippen molar-refractivity contribution in [2.24, 2.45) is 0 Å². The number of carbonyl (C=O) groups excluding carboxylic acids is 1. The highest BCUT2D eigenvalue weighted by molar-refractivity contribution is 5.96. The summed E-state index contributed by atoms with van der Waals surface area (Å²) in [4.78, 5) is 38.3. The molecule has 0 atom stereocenters. The fraction of sp³-hybridized carbons (Fsp3) is 0.214. The number of nitrogens with zero attached hydrogens (tertiary/aromatic N) is 2. The molecular formula is C14H13N3O3. The second-order valence-electron chi connectivity index (χ2n) is 4.75. The molecule has 1 amide bonds. The van der Waals surface area contributed by atoms with E-state index in [1.165, 1.54) is 16.8 Å². The van der Waals surface area contributed by atoms with Gasteiger partial charge in [-0.25, -0.2) is 4.79 Å². The van der Waals surface area contributed by atoms with Crippen molar-refractivity contribution < 1.29 is 4.79 Å². The number of carbonyl (C=O) groups is 1. The molecule has 0 saturated heterocycles. The van der Waals surface area contributed by atoms with E-state index in [2.05, 4.69) is 4.98 Å². The molecule has 2 heterocycles. The number of fused-ring (bicyclic) bond motifs is 1. The van der Waals surface area contributed by atoms with Crippen LogP contribution in [0.3, 0.4) is 0 Å². The summed E-state index contributed by atoms with van der Waals surface area (Å²) in [7, 11) is 1.74. The lowest BCUT2D eigenvalue weighted by Gasteiger charge is -2.26. The smallest absolute Gasteiger partial charge is 0.315 e. The summed E-state index contributed by atoms with van der Waals surface area (Å²) in [6.07, 6.45) is 2.57. The third kappa shape index (κ3) is 1.95. The monoisotopic (exact) mass is 271 g/mol. The van der Waals surface area contributed by atoms with Crippen molar-refractivity contribution in [3.05, 3.63) is 56.9 Å². The van der Waals surface area contributed by atoms with Gasteiger partial charge < -0.3 is 4.90 Å². The number of aryl methyl sites for hydroxylation is 1. The first-order chi connectivity index (χ1) is 9.56. The molecule has 0 unspecified atom stereocenters. The number of hydrogen-bond donors (Lipinski definition) is 1. The van der Waals surface area contributed by atoms with E-state index in [1.807, 2.05) is 12.1 Å². The number of benzene rings is 1. The zero-order valence-corrected chi connectivity index (χ0v) is 10.9. The summed E-state index contributed by atoms with van der Waals surface area (Å²) in [5.41, 5.74) is 1.66. The van der Waals surface area contributed by atoms with Crippen LogP contribution in [0.25, 0.3) is 5.69 Å². The molecule has 0 bridgehead atoms. The molecule has 20 heavy (non-hydrogen) atoms. The standard InChI is InChI=1S/C14H13N3O3/c1-16-11-4-3-10(8-9(11)2-5-13(16)19)17-7-6-12(18)15-14(17)20/h3-4,6-8H,2,5H2,1H3,(H,15,18,20). The maximum atomic E-state index is 11.8. The first kappa shape index (κ1) is 12.4. The van der Waals surface area contributed by atoms with Crippen molar-refractivity contribution in [3.63, 3.8) is 0 Å². The Balaban J connectivity index is 2.11. The van der Waals surface area contributed by atoms with Crippen LogP contribution < -0.4 is 16.1 Å². The molecule has 1 N–H and O–H groups in total. The van der Waals surface area contributed by atoms with Crippen molar-refractivity contribution in [1.82, 2.24) is 9.55 Å². The average molecular weight is 271 g/mol. The molecule has 0 radical (unpaired) electrons. The molecule has 102 valence electrons. The Bertz CT molecular complexity index is 804. The average Bonchev–Trinajstić information content (AvgIpc) is 2.43. The number of aromatic nitrogens is 2. The minimum Gasteiger partial charge on any atom is -0.315 e. The van der Waals surface area contributed by atoms with Gasteiger partial charge in [-0.15, -0.1) is 0 Å². The predicted molar refractivity (Wildman–Crippen MR) is 74.4 cm³/mol. The minimum absolute atomic E-state index is 0.0893. The van der Waals surface area contributed by atoms with E-state index in [4.69, 9.17) is 0 Å². The van der Waals surface area contributed by atoms with Crippen molar-refractivity contribution in [3.8, 4) is 5.69 Å². The Hall–Kier alpha value is -2.63. The van der Waals surface area contributed by atoms with Crippen LogP contribution in [0.15, 0.2) is 40.1 Å². The van der Waals surface area contributed by atoms with Gasteiger partial charge in [0.15, 0.2) is 0 Å². The van der Waals surface area contributed by atoms with E-state index in [1.54, 1.807) is 18.0 Å². The summed E-state index contributed by atoms with van der Waals surface area (Å²) in [5, 5.41) is 0. The molecule has 1 aromatic carbocycles. The number of amides is 1. The Morgan fingerprint density at radius 2 is 1.90 bits per heavy atom. The van der Waals surface area contributed by atoms with Gasteiger partial charge in [-0.1, -0.05) is 0 Å². The van der Waals surface area contributed by atoms with E-state index in [9.17, 15) is 14.4 Å². The van der Waals surface area contributed by atoms with Crippen LogP contribution in [-0.4, -0.2) is 22.5 Å². The van der Waals surface area contributed by atoms with Crippen LogP contribution in [0.1, 0.15) is 12.0 Å². The van der Waals surface area contributed by atoms with E-state index < -0.39 is 11.2 Å². The number of anilines is 1. The summed E-state index contributed by atoms with van der Waals surface area (Å²) in [6.45, 7) is 0. The van der Waals surface area contributed by atoms with Crippen LogP contribution in [0, 0.1) is 0 Å². The van der Waals surface area contributed by atoms with Gasteiger partial charge >= 0.3 is 5.69 Å². The number of H-pyrrole nitrogens is 1. The summed E-state index contributed by atoms with van der Waals surface area (Å²) < 4.78 is 1.37. The van der Waals surface area contributed by atoms with E-state index in [-0.39, 0.29) is 5.91 Å². The van der Waals surface area contributed by atoms with Crippen LogP contribution in [0.5, 0.6) is 0 Å². The first-order valence-corrected chi connectivity index (χ1v) is 6.28. The van der Waals surface area contributed by atoms with Gasteiger partial charge in [0.25, 0.3) is 5.56 Å². The van der Waals surface area contributed by atoms with Gasteiger partial charge in [0, 0.05) is 31.4 Å². The SMILES string of the molecule is CN1C(=O)CCc2cc(-n3ccc(=O)[nH]c3=O)ccc21. The van der Waals surface area contributed by atoms with Gasteiger partial charge in [0.1, 0.15) is 0 Å². The predicted octanol–water partition coefficient (Wildman–Crippen LogP) is 0.435. The maximum Gasteiger partial charge on any atom is 0.332 e. The molecule has 0 saturated carbocycles. The van der Waals surface area contributed by atoms with Gasteiger partial charge in [0.2, 0.25) is 5.91 Å². The highest BCUT2D eigenvalue weighted by Crippen LogP contribution is 2.28. The molecule has 0 aliphatic carbocycles. The molecular weight excluding hydrogens is 258 g/mol. The Morgan fingerprint density at radius 1 is 1.10 bits per heavy atom. The molecule has 6 heteroatoms. The molecule has 2 aromatic rings. The second kappa shape index (κ2) is 4.48. The molecule has 1 aliphatic rings. The first-order valence-electron chi connectivity index (χ1n) is 6.28. The molecule has 6 nitrogen and oxygen atoms in total. The van der Waals surface area contributed by atoms with Crippen LogP contribution in [0.2, 0.25) is 0 Å². The largest absolute Gasteiger partial charge is 0.332 e. The second-order valence-corrected chi connectivity index (χ2v) is 4.75. The fourth-order valence-corrected chi connectivity index (χ4v) is 2.41. The Labute approximate surface area is 114 Å². The number of nitrogens with one attached hydrogen (secondary N) is 1. The Morgan fingerprint density at radius 3 is 2.65 bits per heavy atom. The normalized spacial score (nSPS) is 14.2. The molecule has 1 aromatic heterocycles. The number of rotatable bonds is 1. The highest BCUT2D eigenvalue weighted by atomic mass is 16.2. The summed E-state index contributed by atoms with van der Waals surface area (Å²) in [5.74, 6) is 0.0893. The zero-order chi connectivity index (χ0) is 14.3. The van der Waals surface area contributed by atoms with Gasteiger partial charge in [-0.2, -0.15) is 0 Å². The van der Waals surface area contributed by atoms with Crippen LogP contribution in [0.4, 0.5) is 5.69 Å². The fourth-order valence-electron chi connectivity index (χ4n) is 2.41. The molecule has 0 fully saturated rings. The zero-order valence-electron chi connectivity index (χ0n) is 10.9. The maximum absolute atomic E-state index is 11.8. The van der Waals surface area contributed by atoms with E-state index in [0.717, 1.165) is 11.3 Å². The topological polar surface area (TPSA) is 75.2 Å². The minimum atomic E-state index is -0.474. The van der Waals surface area contributed by atoms with E-state index >= 15 is 0 Å².